The first-order valence-electron chi connectivity index (χ1n) is 7.45. The second-order valence-corrected chi connectivity index (χ2v) is 6.62. The van der Waals surface area contributed by atoms with E-state index in [2.05, 4.69) is 44.3 Å². The van der Waals surface area contributed by atoms with Gasteiger partial charge in [0.25, 0.3) is 0 Å². The standard InChI is InChI=1S/C17H27NO/c1-5-19-15-8-6-7-14(9-15)12-18-16-11-17(3,4)10-13(16)2/h6-9,13,16,18H,5,10-12H2,1-4H3. The summed E-state index contributed by atoms with van der Waals surface area (Å²) in [6, 6.07) is 9.05. The SMILES string of the molecule is CCOc1cccc(CNC2CC(C)(C)CC2C)c1. The molecule has 0 heterocycles. The van der Waals surface area contributed by atoms with Gasteiger partial charge < -0.3 is 10.1 Å². The van der Waals surface area contributed by atoms with Crippen molar-refractivity contribution in [3.05, 3.63) is 29.8 Å². The van der Waals surface area contributed by atoms with Crippen LogP contribution in [0.15, 0.2) is 24.3 Å². The predicted octanol–water partition coefficient (Wildman–Crippen LogP) is 4.00. The summed E-state index contributed by atoms with van der Waals surface area (Å²) in [6.07, 6.45) is 2.60. The van der Waals surface area contributed by atoms with Crippen LogP contribution in [0.2, 0.25) is 0 Å². The highest BCUT2D eigenvalue weighted by atomic mass is 16.5. The Morgan fingerprint density at radius 1 is 1.32 bits per heavy atom. The molecule has 2 heteroatoms. The molecule has 0 saturated heterocycles. The summed E-state index contributed by atoms with van der Waals surface area (Å²) < 4.78 is 5.54. The van der Waals surface area contributed by atoms with E-state index >= 15 is 0 Å². The van der Waals surface area contributed by atoms with E-state index in [0.717, 1.165) is 24.8 Å². The summed E-state index contributed by atoms with van der Waals surface area (Å²) in [5.41, 5.74) is 1.80. The smallest absolute Gasteiger partial charge is 0.119 e. The Hall–Kier alpha value is -1.02. The summed E-state index contributed by atoms with van der Waals surface area (Å²) in [5.74, 6) is 1.74. The summed E-state index contributed by atoms with van der Waals surface area (Å²) in [7, 11) is 0. The number of nitrogens with one attached hydrogen (secondary N) is 1. The number of benzene rings is 1. The molecule has 0 aromatic heterocycles. The van der Waals surface area contributed by atoms with E-state index in [0.29, 0.717) is 11.5 Å². The lowest BCUT2D eigenvalue weighted by Crippen LogP contribution is -2.31. The Bertz CT molecular complexity index is 413. The van der Waals surface area contributed by atoms with Gasteiger partial charge >= 0.3 is 0 Å². The van der Waals surface area contributed by atoms with E-state index in [1.165, 1.54) is 18.4 Å². The fraction of sp³-hybridized carbons (Fsp3) is 0.647. The first-order valence-corrected chi connectivity index (χ1v) is 7.45. The molecule has 0 aliphatic heterocycles. The Labute approximate surface area is 117 Å². The van der Waals surface area contributed by atoms with Crippen molar-refractivity contribution >= 4 is 0 Å². The zero-order chi connectivity index (χ0) is 13.9. The normalized spacial score (nSPS) is 25.5. The van der Waals surface area contributed by atoms with E-state index in [9.17, 15) is 0 Å². The molecule has 19 heavy (non-hydrogen) atoms. The minimum Gasteiger partial charge on any atom is -0.494 e. The highest BCUT2D eigenvalue weighted by molar-refractivity contribution is 5.28. The van der Waals surface area contributed by atoms with Gasteiger partial charge in [0, 0.05) is 12.6 Å². The van der Waals surface area contributed by atoms with Crippen LogP contribution < -0.4 is 10.1 Å². The molecular weight excluding hydrogens is 234 g/mol. The van der Waals surface area contributed by atoms with Gasteiger partial charge in [0.1, 0.15) is 5.75 Å². The van der Waals surface area contributed by atoms with E-state index in [4.69, 9.17) is 4.74 Å². The molecular formula is C17H27NO. The first kappa shape index (κ1) is 14.4. The summed E-state index contributed by atoms with van der Waals surface area (Å²) in [5, 5.41) is 3.72. The van der Waals surface area contributed by atoms with Crippen molar-refractivity contribution in [2.75, 3.05) is 6.61 Å². The number of rotatable bonds is 5. The molecule has 1 aliphatic rings. The molecule has 106 valence electrons. The van der Waals surface area contributed by atoms with Crippen molar-refractivity contribution in [1.29, 1.82) is 0 Å². The molecule has 0 amide bonds. The van der Waals surface area contributed by atoms with Crippen molar-refractivity contribution in [2.45, 2.75) is 53.1 Å². The second kappa shape index (κ2) is 5.96. The first-order chi connectivity index (χ1) is 9.00. The van der Waals surface area contributed by atoms with Crippen LogP contribution in [0.4, 0.5) is 0 Å². The maximum absolute atomic E-state index is 5.54. The Morgan fingerprint density at radius 3 is 2.74 bits per heavy atom. The van der Waals surface area contributed by atoms with Gasteiger partial charge in [-0.05, 0) is 48.8 Å². The Balaban J connectivity index is 1.90. The van der Waals surface area contributed by atoms with Crippen molar-refractivity contribution in [3.63, 3.8) is 0 Å². The molecule has 1 saturated carbocycles. The topological polar surface area (TPSA) is 21.3 Å². The average Bonchev–Trinajstić information content (AvgIpc) is 2.61. The zero-order valence-electron chi connectivity index (χ0n) is 12.7. The van der Waals surface area contributed by atoms with Crippen LogP contribution in [0.1, 0.15) is 46.1 Å². The largest absolute Gasteiger partial charge is 0.494 e. The maximum Gasteiger partial charge on any atom is 0.119 e. The predicted molar refractivity (Wildman–Crippen MR) is 80.4 cm³/mol. The minimum absolute atomic E-state index is 0.490. The molecule has 2 nitrogen and oxygen atoms in total. The molecule has 1 N–H and O–H groups in total. The van der Waals surface area contributed by atoms with Crippen molar-refractivity contribution < 1.29 is 4.74 Å². The fourth-order valence-electron chi connectivity index (χ4n) is 3.33. The van der Waals surface area contributed by atoms with Gasteiger partial charge in [-0.25, -0.2) is 0 Å². The van der Waals surface area contributed by atoms with Crippen LogP contribution in [0.25, 0.3) is 0 Å². The van der Waals surface area contributed by atoms with Crippen LogP contribution in [0.5, 0.6) is 5.75 Å². The molecule has 0 spiro atoms. The van der Waals surface area contributed by atoms with E-state index in [1.807, 2.05) is 13.0 Å². The average molecular weight is 261 g/mol. The third-order valence-electron chi connectivity index (χ3n) is 4.11. The highest BCUT2D eigenvalue weighted by Gasteiger charge is 2.36. The van der Waals surface area contributed by atoms with Gasteiger partial charge in [0.05, 0.1) is 6.61 Å². The van der Waals surface area contributed by atoms with Gasteiger partial charge in [-0.1, -0.05) is 32.9 Å². The third kappa shape index (κ3) is 3.97. The lowest BCUT2D eigenvalue weighted by atomic mass is 9.91. The second-order valence-electron chi connectivity index (χ2n) is 6.62. The fourth-order valence-corrected chi connectivity index (χ4v) is 3.33. The van der Waals surface area contributed by atoms with Crippen molar-refractivity contribution in [3.8, 4) is 5.75 Å². The Kier molecular flexibility index (Phi) is 4.51. The number of hydrogen-bond donors (Lipinski definition) is 1. The summed E-state index contributed by atoms with van der Waals surface area (Å²) in [4.78, 5) is 0. The van der Waals surface area contributed by atoms with Crippen LogP contribution in [0, 0.1) is 11.3 Å². The quantitative estimate of drug-likeness (QED) is 0.865. The molecule has 0 bridgehead atoms. The molecule has 1 aromatic carbocycles. The van der Waals surface area contributed by atoms with Gasteiger partial charge in [-0.15, -0.1) is 0 Å². The summed E-state index contributed by atoms with van der Waals surface area (Å²) >= 11 is 0. The maximum atomic E-state index is 5.54. The monoisotopic (exact) mass is 261 g/mol. The van der Waals surface area contributed by atoms with Crippen LogP contribution in [-0.2, 0) is 6.54 Å². The minimum atomic E-state index is 0.490. The van der Waals surface area contributed by atoms with Gasteiger partial charge in [0.2, 0.25) is 0 Å². The highest BCUT2D eigenvalue weighted by Crippen LogP contribution is 2.40. The summed E-state index contributed by atoms with van der Waals surface area (Å²) in [6.45, 7) is 10.8. The van der Waals surface area contributed by atoms with E-state index < -0.39 is 0 Å². The van der Waals surface area contributed by atoms with E-state index in [1.54, 1.807) is 0 Å². The van der Waals surface area contributed by atoms with Crippen LogP contribution in [-0.4, -0.2) is 12.6 Å². The molecule has 2 atom stereocenters. The lowest BCUT2D eigenvalue weighted by Gasteiger charge is -2.19. The van der Waals surface area contributed by atoms with Gasteiger partial charge in [-0.2, -0.15) is 0 Å². The van der Waals surface area contributed by atoms with E-state index in [-0.39, 0.29) is 0 Å². The van der Waals surface area contributed by atoms with Crippen LogP contribution in [0.3, 0.4) is 0 Å². The molecule has 1 aromatic rings. The lowest BCUT2D eigenvalue weighted by molar-refractivity contribution is 0.339. The molecule has 0 radical (unpaired) electrons. The molecule has 2 unspecified atom stereocenters. The van der Waals surface area contributed by atoms with Gasteiger partial charge in [-0.3, -0.25) is 0 Å². The zero-order valence-corrected chi connectivity index (χ0v) is 12.7. The van der Waals surface area contributed by atoms with Crippen molar-refractivity contribution in [1.82, 2.24) is 5.32 Å². The molecule has 1 fully saturated rings. The third-order valence-corrected chi connectivity index (χ3v) is 4.11. The molecule has 1 aliphatic carbocycles. The number of ether oxygens (including phenoxy) is 1. The Morgan fingerprint density at radius 2 is 2.11 bits per heavy atom. The van der Waals surface area contributed by atoms with Crippen molar-refractivity contribution in [2.24, 2.45) is 11.3 Å². The van der Waals surface area contributed by atoms with Gasteiger partial charge in [0.15, 0.2) is 0 Å². The van der Waals surface area contributed by atoms with Crippen LogP contribution >= 0.6 is 0 Å². The molecule has 2 rings (SSSR count). The number of hydrogen-bond acceptors (Lipinski definition) is 2.